The van der Waals surface area contributed by atoms with Crippen LogP contribution in [0.3, 0.4) is 0 Å². The van der Waals surface area contributed by atoms with E-state index in [-0.39, 0.29) is 10.8 Å². The van der Waals surface area contributed by atoms with Gasteiger partial charge < -0.3 is 0 Å². The molecule has 0 aromatic heterocycles. The first-order valence-electron chi connectivity index (χ1n) is 7.87. The largest absolute Gasteiger partial charge is 0.138 e. The molecule has 0 heterocycles. The summed E-state index contributed by atoms with van der Waals surface area (Å²) in [4.78, 5) is 0. The fraction of sp³-hybridized carbons (Fsp3) is 0.579. The van der Waals surface area contributed by atoms with Gasteiger partial charge >= 0.3 is 0 Å². The van der Waals surface area contributed by atoms with Gasteiger partial charge in [-0.3, -0.25) is 0 Å². The predicted octanol–water partition coefficient (Wildman–Crippen LogP) is 5.40. The second-order valence-electron chi connectivity index (χ2n) is 6.93. The van der Waals surface area contributed by atoms with Crippen molar-refractivity contribution in [3.8, 4) is 0 Å². The maximum atomic E-state index is 2.93. The highest BCUT2D eigenvalue weighted by molar-refractivity contribution is 7.16. The molecule has 2 rings (SSSR count). The molecule has 0 nitrogen and oxygen atoms in total. The summed E-state index contributed by atoms with van der Waals surface area (Å²) in [6, 6.07) is 0. The van der Waals surface area contributed by atoms with Crippen molar-refractivity contribution in [3.63, 3.8) is 0 Å². The summed E-state index contributed by atoms with van der Waals surface area (Å²) >= 11 is 0. The minimum Gasteiger partial charge on any atom is -0.138 e. The quantitative estimate of drug-likeness (QED) is 0.607. The van der Waals surface area contributed by atoms with Crippen molar-refractivity contribution in [3.05, 3.63) is 48.6 Å². The van der Waals surface area contributed by atoms with Crippen LogP contribution in [0.25, 0.3) is 0 Å². The Labute approximate surface area is 127 Å². The van der Waals surface area contributed by atoms with Crippen molar-refractivity contribution in [1.29, 1.82) is 0 Å². The summed E-state index contributed by atoms with van der Waals surface area (Å²) in [6.07, 6.45) is 20.9. The number of hydrogen-bond acceptors (Lipinski definition) is 0. The maximum absolute atomic E-state index is 2.93. The smallest absolute Gasteiger partial charge is 0.00465 e. The van der Waals surface area contributed by atoms with E-state index in [1.807, 2.05) is 0 Å². The van der Waals surface area contributed by atoms with Gasteiger partial charge in [-0.25, -0.2) is 0 Å². The zero-order chi connectivity index (χ0) is 14.8. The van der Waals surface area contributed by atoms with Crippen LogP contribution in [0.5, 0.6) is 0 Å². The summed E-state index contributed by atoms with van der Waals surface area (Å²) in [5.41, 5.74) is 0.480. The number of hydrogen-bond donors (Lipinski definition) is 0. The fourth-order valence-electron chi connectivity index (χ4n) is 4.03. The van der Waals surface area contributed by atoms with E-state index in [1.165, 1.54) is 12.6 Å². The fourth-order valence-corrected chi connectivity index (χ4v) is 4.36. The third-order valence-electron chi connectivity index (χ3n) is 5.85. The topological polar surface area (TPSA) is 0 Å². The van der Waals surface area contributed by atoms with E-state index in [0.29, 0.717) is 17.8 Å². The van der Waals surface area contributed by atoms with Crippen LogP contribution in [0.4, 0.5) is 0 Å². The van der Waals surface area contributed by atoms with Crippen LogP contribution in [0.2, 0.25) is 0 Å². The summed E-state index contributed by atoms with van der Waals surface area (Å²) in [6.45, 7) is 9.64. The van der Waals surface area contributed by atoms with Gasteiger partial charge in [-0.2, -0.15) is 0 Å². The van der Waals surface area contributed by atoms with E-state index in [2.05, 4.69) is 85.5 Å². The van der Waals surface area contributed by atoms with Crippen LogP contribution in [0.15, 0.2) is 48.6 Å². The molecule has 0 saturated carbocycles. The summed E-state index contributed by atoms with van der Waals surface area (Å²) in [5, 5.41) is 0. The van der Waals surface area contributed by atoms with Crippen molar-refractivity contribution >= 4 is 9.24 Å². The molecule has 0 spiro atoms. The van der Waals surface area contributed by atoms with Gasteiger partial charge in [-0.1, -0.05) is 76.3 Å². The highest BCUT2D eigenvalue weighted by Gasteiger charge is 2.47. The molecule has 5 unspecified atom stereocenters. The lowest BCUT2D eigenvalue weighted by atomic mass is 9.53. The lowest BCUT2D eigenvalue weighted by molar-refractivity contribution is 0.0582. The van der Waals surface area contributed by atoms with Gasteiger partial charge in [0.25, 0.3) is 0 Å². The molecule has 0 bridgehead atoms. The van der Waals surface area contributed by atoms with Crippen LogP contribution in [-0.2, 0) is 0 Å². The molecular formula is C19H29P. The molecule has 20 heavy (non-hydrogen) atoms. The van der Waals surface area contributed by atoms with Gasteiger partial charge in [-0.05, 0) is 41.2 Å². The van der Waals surface area contributed by atoms with E-state index >= 15 is 0 Å². The molecular weight excluding hydrogens is 259 g/mol. The molecule has 0 aromatic carbocycles. The molecule has 0 aromatic rings. The molecule has 0 fully saturated rings. The highest BCUT2D eigenvalue weighted by Crippen LogP contribution is 2.54. The standard InChI is InChI=1S/C19H29P/c1-15-9-5-7-12-18(15,3)17(11-14-20)19(4)13-8-6-10-16(19)2/h5-10,12-13,15-17H,11,14,20H2,1-4H3. The Morgan fingerprint density at radius 1 is 0.900 bits per heavy atom. The average molecular weight is 288 g/mol. The molecule has 0 N–H and O–H groups in total. The van der Waals surface area contributed by atoms with Crippen LogP contribution in [0.1, 0.15) is 34.1 Å². The molecule has 1 heteroatoms. The van der Waals surface area contributed by atoms with Crippen LogP contribution in [0, 0.1) is 28.6 Å². The molecule has 2 aliphatic rings. The van der Waals surface area contributed by atoms with E-state index in [1.54, 1.807) is 0 Å². The highest BCUT2D eigenvalue weighted by atomic mass is 31.0. The zero-order valence-electron chi connectivity index (χ0n) is 13.3. The summed E-state index contributed by atoms with van der Waals surface area (Å²) < 4.78 is 0. The molecule has 5 atom stereocenters. The van der Waals surface area contributed by atoms with Crippen molar-refractivity contribution in [2.24, 2.45) is 28.6 Å². The first kappa shape index (κ1) is 15.8. The summed E-state index contributed by atoms with van der Waals surface area (Å²) in [7, 11) is 2.93. The van der Waals surface area contributed by atoms with E-state index < -0.39 is 0 Å². The molecule has 2 aliphatic carbocycles. The van der Waals surface area contributed by atoms with Crippen LogP contribution < -0.4 is 0 Å². The Morgan fingerprint density at radius 3 is 1.70 bits per heavy atom. The van der Waals surface area contributed by atoms with E-state index in [0.717, 1.165) is 0 Å². The van der Waals surface area contributed by atoms with E-state index in [4.69, 9.17) is 0 Å². The Hall–Kier alpha value is -0.610. The predicted molar refractivity (Wildman–Crippen MR) is 93.8 cm³/mol. The van der Waals surface area contributed by atoms with Gasteiger partial charge in [0.2, 0.25) is 0 Å². The van der Waals surface area contributed by atoms with Gasteiger partial charge in [0.1, 0.15) is 0 Å². The van der Waals surface area contributed by atoms with Gasteiger partial charge in [0, 0.05) is 0 Å². The third kappa shape index (κ3) is 2.60. The first-order chi connectivity index (χ1) is 9.45. The SMILES string of the molecule is CC1C=CC=CC1(C)C(CCP)C1(C)C=CC=CC1C. The van der Waals surface area contributed by atoms with Gasteiger partial charge in [0.15, 0.2) is 0 Å². The molecule has 0 saturated heterocycles. The Kier molecular flexibility index (Phi) is 4.75. The minimum absolute atomic E-state index is 0.240. The van der Waals surface area contributed by atoms with Crippen molar-refractivity contribution in [1.82, 2.24) is 0 Å². The maximum Gasteiger partial charge on any atom is -0.00465 e. The third-order valence-corrected chi connectivity index (χ3v) is 6.19. The molecule has 0 amide bonds. The Bertz CT molecular complexity index is 416. The van der Waals surface area contributed by atoms with Gasteiger partial charge in [0.05, 0.1) is 0 Å². The molecule has 110 valence electrons. The van der Waals surface area contributed by atoms with Crippen molar-refractivity contribution in [2.45, 2.75) is 34.1 Å². The van der Waals surface area contributed by atoms with Crippen molar-refractivity contribution < 1.29 is 0 Å². The molecule has 0 aliphatic heterocycles. The average Bonchev–Trinajstić information content (AvgIpc) is 2.43. The monoisotopic (exact) mass is 288 g/mol. The Balaban J connectivity index is 2.41. The van der Waals surface area contributed by atoms with Crippen molar-refractivity contribution in [2.75, 3.05) is 6.16 Å². The van der Waals surface area contributed by atoms with Crippen LogP contribution in [-0.4, -0.2) is 6.16 Å². The van der Waals surface area contributed by atoms with Crippen LogP contribution >= 0.6 is 9.24 Å². The second-order valence-corrected chi connectivity index (χ2v) is 7.50. The first-order valence-corrected chi connectivity index (χ1v) is 8.69. The zero-order valence-corrected chi connectivity index (χ0v) is 14.5. The Morgan fingerprint density at radius 2 is 1.35 bits per heavy atom. The minimum atomic E-state index is 0.240. The summed E-state index contributed by atoms with van der Waals surface area (Å²) in [5.74, 6) is 1.84. The van der Waals surface area contributed by atoms with Gasteiger partial charge in [-0.15, -0.1) is 9.24 Å². The lowest BCUT2D eigenvalue weighted by Crippen LogP contribution is -2.45. The normalized spacial score (nSPS) is 41.0. The number of rotatable bonds is 4. The van der Waals surface area contributed by atoms with E-state index in [9.17, 15) is 0 Å². The molecule has 0 radical (unpaired) electrons. The second kappa shape index (κ2) is 6.02. The number of allylic oxidation sites excluding steroid dienone is 8. The lowest BCUT2D eigenvalue weighted by Gasteiger charge is -2.51.